The zero-order chi connectivity index (χ0) is 26.2. The van der Waals surface area contributed by atoms with Crippen molar-refractivity contribution in [2.24, 2.45) is 17.0 Å². The second-order valence-corrected chi connectivity index (χ2v) is 11.8. The van der Waals surface area contributed by atoms with Gasteiger partial charge in [0.25, 0.3) is 5.56 Å². The lowest BCUT2D eigenvalue weighted by atomic mass is 9.76. The first kappa shape index (κ1) is 25.5. The largest absolute Gasteiger partial charge is 0.476 e. The summed E-state index contributed by atoms with van der Waals surface area (Å²) in [4.78, 5) is 38.1. The Bertz CT molecular complexity index is 1250. The summed E-state index contributed by atoms with van der Waals surface area (Å²) in [5.74, 6) is 0.354. The van der Waals surface area contributed by atoms with E-state index in [-0.39, 0.29) is 24.9 Å². The number of hydrogen-bond donors (Lipinski definition) is 2. The van der Waals surface area contributed by atoms with Crippen LogP contribution in [0.5, 0.6) is 0 Å². The average molecular weight is 523 g/mol. The Kier molecular flexibility index (Phi) is 7.22. The first-order valence-corrected chi connectivity index (χ1v) is 14.4. The van der Waals surface area contributed by atoms with Gasteiger partial charge in [-0.15, -0.1) is 0 Å². The molecule has 0 spiro atoms. The highest BCUT2D eigenvalue weighted by atomic mass is 16.6. The third-order valence-corrected chi connectivity index (χ3v) is 9.46. The minimum absolute atomic E-state index is 0.0258. The van der Waals surface area contributed by atoms with Crippen LogP contribution >= 0.6 is 0 Å². The molecular weight excluding hydrogens is 484 g/mol. The van der Waals surface area contributed by atoms with Crippen molar-refractivity contribution in [3.8, 4) is 0 Å². The molecule has 4 aliphatic rings. The molecular formula is C29H38N4O5. The molecule has 2 saturated heterocycles. The minimum Gasteiger partial charge on any atom is -0.476 e. The van der Waals surface area contributed by atoms with Crippen LogP contribution in [0.3, 0.4) is 0 Å². The number of hydrogen-bond acceptors (Lipinski definition) is 7. The van der Waals surface area contributed by atoms with E-state index in [0.29, 0.717) is 23.6 Å². The molecule has 1 aromatic carbocycles. The topological polar surface area (TPSA) is 117 Å². The smallest absolute Gasteiger partial charge is 0.360 e. The molecule has 0 radical (unpaired) electrons. The number of benzene rings is 1. The van der Waals surface area contributed by atoms with E-state index in [1.165, 1.54) is 44.9 Å². The number of fused-ring (bicyclic) bond motifs is 5. The zero-order valence-corrected chi connectivity index (χ0v) is 21.9. The summed E-state index contributed by atoms with van der Waals surface area (Å²) >= 11 is 0. The second-order valence-electron chi connectivity index (χ2n) is 11.8. The third-order valence-electron chi connectivity index (χ3n) is 9.46. The summed E-state index contributed by atoms with van der Waals surface area (Å²) in [6.45, 7) is -0.473. The van der Waals surface area contributed by atoms with Gasteiger partial charge in [0.1, 0.15) is 6.61 Å². The van der Waals surface area contributed by atoms with E-state index in [0.717, 1.165) is 43.0 Å². The van der Waals surface area contributed by atoms with E-state index in [1.54, 1.807) is 10.6 Å². The van der Waals surface area contributed by atoms with Gasteiger partial charge in [0.15, 0.2) is 5.69 Å². The summed E-state index contributed by atoms with van der Waals surface area (Å²) in [5, 5.41) is 22.5. The molecule has 6 atom stereocenters. The summed E-state index contributed by atoms with van der Waals surface area (Å²) in [7, 11) is 0. The molecule has 2 aliphatic carbocycles. The number of carbonyl (C=O) groups is 1. The molecule has 2 aliphatic heterocycles. The van der Waals surface area contributed by atoms with Crippen LogP contribution in [-0.4, -0.2) is 67.7 Å². The van der Waals surface area contributed by atoms with Crippen LogP contribution < -0.4 is 5.56 Å². The number of aliphatic carboxylic acids is 1. The van der Waals surface area contributed by atoms with Gasteiger partial charge in [-0.05, 0) is 68.9 Å². The molecule has 2 N–H and O–H groups in total. The van der Waals surface area contributed by atoms with Crippen LogP contribution in [-0.2, 0) is 9.63 Å². The minimum atomic E-state index is -1.39. The molecule has 3 heterocycles. The van der Waals surface area contributed by atoms with Crippen LogP contribution in [0.2, 0.25) is 0 Å². The number of aliphatic hydroxyl groups excluding tert-OH is 1. The van der Waals surface area contributed by atoms with Crippen molar-refractivity contribution in [3.63, 3.8) is 0 Å². The fourth-order valence-electron chi connectivity index (χ4n) is 8.11. The van der Waals surface area contributed by atoms with Crippen molar-refractivity contribution in [1.29, 1.82) is 0 Å². The molecule has 204 valence electrons. The highest BCUT2D eigenvalue weighted by Gasteiger charge is 2.47. The van der Waals surface area contributed by atoms with Gasteiger partial charge in [0.2, 0.25) is 5.71 Å². The number of nitrogens with zero attached hydrogens (tertiary/aromatic N) is 4. The average Bonchev–Trinajstić information content (AvgIpc) is 3.06. The second kappa shape index (κ2) is 10.8. The number of aromatic nitrogens is 2. The molecule has 1 aromatic heterocycles. The Labute approximate surface area is 222 Å². The standard InChI is InChI=1S/C29H38N4O5/c34-11-12-38-31-27(29(36)37)26-28(35)33(25-8-4-3-7-24(25)30-26)23-16-20-9-10-21(17-23)32(20)22-14-18-5-1-2-6-19(13-18)15-22/h3-4,7-8,18-23,34H,1-2,5-6,9-17H2,(H,36,37)/b31-27-/t18-,19+,20-,21+,22-,23+. The number of aliphatic hydroxyl groups is 1. The number of para-hydroxylation sites is 2. The molecule has 0 amide bonds. The summed E-state index contributed by atoms with van der Waals surface area (Å²) in [5.41, 5.74) is 0.0839. The van der Waals surface area contributed by atoms with Gasteiger partial charge in [0.05, 0.1) is 17.6 Å². The highest BCUT2D eigenvalue weighted by Crippen LogP contribution is 2.47. The lowest BCUT2D eigenvalue weighted by Crippen LogP contribution is -2.52. The maximum atomic E-state index is 13.9. The highest BCUT2D eigenvalue weighted by molar-refractivity contribution is 6.41. The third kappa shape index (κ3) is 4.75. The first-order chi connectivity index (χ1) is 18.5. The lowest BCUT2D eigenvalue weighted by molar-refractivity contribution is -0.129. The Morgan fingerprint density at radius 2 is 1.63 bits per heavy atom. The normalized spacial score (nSPS) is 31.8. The van der Waals surface area contributed by atoms with Crippen molar-refractivity contribution < 1.29 is 19.8 Å². The Hall–Kier alpha value is -2.78. The number of piperidine rings is 1. The van der Waals surface area contributed by atoms with Gasteiger partial charge >= 0.3 is 5.97 Å². The van der Waals surface area contributed by atoms with Crippen LogP contribution in [0, 0.1) is 11.8 Å². The zero-order valence-electron chi connectivity index (χ0n) is 21.9. The number of oxime groups is 1. The van der Waals surface area contributed by atoms with Crippen LogP contribution in [0.15, 0.2) is 34.2 Å². The molecule has 4 bridgehead atoms. The molecule has 9 heteroatoms. The molecule has 38 heavy (non-hydrogen) atoms. The van der Waals surface area contributed by atoms with Crippen LogP contribution in [0.25, 0.3) is 11.0 Å². The molecule has 2 aromatic rings. The van der Waals surface area contributed by atoms with E-state index in [2.05, 4.69) is 15.0 Å². The number of rotatable bonds is 7. The van der Waals surface area contributed by atoms with E-state index in [1.807, 2.05) is 18.2 Å². The van der Waals surface area contributed by atoms with E-state index < -0.39 is 17.2 Å². The van der Waals surface area contributed by atoms with Gasteiger partial charge in [-0.2, -0.15) is 0 Å². The molecule has 9 nitrogen and oxygen atoms in total. The summed E-state index contributed by atoms with van der Waals surface area (Å²) in [6, 6.07) is 8.96. The van der Waals surface area contributed by atoms with Gasteiger partial charge in [-0.25, -0.2) is 9.78 Å². The Balaban J connectivity index is 1.33. The van der Waals surface area contributed by atoms with Gasteiger partial charge in [-0.1, -0.05) is 43.0 Å². The predicted molar refractivity (Wildman–Crippen MR) is 143 cm³/mol. The van der Waals surface area contributed by atoms with Crippen molar-refractivity contribution in [3.05, 3.63) is 40.3 Å². The summed E-state index contributed by atoms with van der Waals surface area (Å²) in [6.07, 6.45) is 13.7. The number of carboxylic acids is 1. The maximum Gasteiger partial charge on any atom is 0.360 e. The van der Waals surface area contributed by atoms with Gasteiger partial charge in [0, 0.05) is 24.2 Å². The fraction of sp³-hybridized carbons (Fsp3) is 0.655. The predicted octanol–water partition coefficient (Wildman–Crippen LogP) is 3.72. The molecule has 0 unspecified atom stereocenters. The lowest BCUT2D eigenvalue weighted by Gasteiger charge is -2.48. The SMILES string of the molecule is O=C(O)/C(=N\OCCO)c1nc2ccccc2n([C@H]2C[C@H]3CC[C@@H](C2)N3[C@@H]2C[C@@H]3CCCC[C@@H](C3)C2)c1=O. The van der Waals surface area contributed by atoms with Crippen molar-refractivity contribution in [2.45, 2.75) is 94.8 Å². The van der Waals surface area contributed by atoms with Crippen molar-refractivity contribution in [1.82, 2.24) is 14.5 Å². The van der Waals surface area contributed by atoms with Gasteiger partial charge in [-0.3, -0.25) is 9.69 Å². The Morgan fingerprint density at radius 3 is 2.29 bits per heavy atom. The molecule has 6 rings (SSSR count). The van der Waals surface area contributed by atoms with E-state index in [4.69, 9.17) is 9.94 Å². The number of carboxylic acid groups (broad SMARTS) is 1. The maximum absolute atomic E-state index is 13.9. The van der Waals surface area contributed by atoms with Crippen LogP contribution in [0.1, 0.15) is 82.4 Å². The molecule has 2 saturated carbocycles. The quantitative estimate of drug-likeness (QED) is 0.323. The first-order valence-electron chi connectivity index (χ1n) is 14.4. The van der Waals surface area contributed by atoms with Crippen LogP contribution in [0.4, 0.5) is 0 Å². The van der Waals surface area contributed by atoms with Gasteiger partial charge < -0.3 is 19.6 Å². The summed E-state index contributed by atoms with van der Waals surface area (Å²) < 4.78 is 1.78. The fourth-order valence-corrected chi connectivity index (χ4v) is 8.11. The van der Waals surface area contributed by atoms with Crippen molar-refractivity contribution in [2.75, 3.05) is 13.2 Å². The molecule has 4 fully saturated rings. The monoisotopic (exact) mass is 522 g/mol. The van der Waals surface area contributed by atoms with Crippen molar-refractivity contribution >= 4 is 22.7 Å². The van der Waals surface area contributed by atoms with E-state index in [9.17, 15) is 14.7 Å². The Morgan fingerprint density at radius 1 is 0.947 bits per heavy atom. The van der Waals surface area contributed by atoms with E-state index >= 15 is 0 Å².